The van der Waals surface area contributed by atoms with Crippen molar-refractivity contribution in [2.24, 2.45) is 5.73 Å². The van der Waals surface area contributed by atoms with Crippen molar-refractivity contribution in [2.45, 2.75) is 51.2 Å². The van der Waals surface area contributed by atoms with Crippen LogP contribution in [0.3, 0.4) is 0 Å². The second-order valence-electron chi connectivity index (χ2n) is 4.58. The van der Waals surface area contributed by atoms with Gasteiger partial charge in [-0.15, -0.1) is 11.3 Å². The predicted octanol–water partition coefficient (Wildman–Crippen LogP) is 2.52. The van der Waals surface area contributed by atoms with Gasteiger partial charge >= 0.3 is 0 Å². The Hall–Kier alpha value is -0.480. The second-order valence-corrected chi connectivity index (χ2v) is 5.87. The molecule has 2 N–H and O–H groups in total. The van der Waals surface area contributed by atoms with Crippen molar-refractivity contribution in [3.63, 3.8) is 0 Å². The average molecular weight is 228 g/mol. The lowest BCUT2D eigenvalue weighted by Crippen LogP contribution is -2.25. The lowest BCUT2D eigenvalue weighted by molar-refractivity contribution is 0.170. The normalized spacial score (nSPS) is 31.1. The molecule has 4 heteroatoms. The van der Waals surface area contributed by atoms with Crippen LogP contribution in [0.25, 0.3) is 0 Å². The van der Waals surface area contributed by atoms with Crippen molar-refractivity contribution >= 4 is 11.3 Å². The Morgan fingerprint density at radius 1 is 1.60 bits per heavy atom. The highest BCUT2D eigenvalue weighted by atomic mass is 32.1. The van der Waals surface area contributed by atoms with Crippen LogP contribution in [-0.4, -0.2) is 16.7 Å². The van der Waals surface area contributed by atoms with Crippen molar-refractivity contribution in [2.75, 3.05) is 0 Å². The molecule has 1 saturated carbocycles. The molecule has 84 valence electrons. The number of nitrogens with two attached hydrogens (primary N) is 1. The zero-order chi connectivity index (χ0) is 11.1. The molecule has 2 atom stereocenters. The highest BCUT2D eigenvalue weighted by molar-refractivity contribution is 7.11. The van der Waals surface area contributed by atoms with Crippen LogP contribution in [0.15, 0.2) is 0 Å². The third kappa shape index (κ3) is 2.37. The Kier molecular flexibility index (Phi) is 2.81. The van der Waals surface area contributed by atoms with Gasteiger partial charge in [0.25, 0.3) is 0 Å². The Morgan fingerprint density at radius 3 is 2.80 bits per heavy atom. The summed E-state index contributed by atoms with van der Waals surface area (Å²) < 4.78 is 14.3. The molecule has 2 rings (SSSR count). The molecule has 0 amide bonds. The summed E-state index contributed by atoms with van der Waals surface area (Å²) in [6, 6.07) is 0.0390. The van der Waals surface area contributed by atoms with Crippen molar-refractivity contribution in [1.82, 2.24) is 4.98 Å². The molecule has 0 spiro atoms. The van der Waals surface area contributed by atoms with Crippen molar-refractivity contribution in [3.05, 3.63) is 15.6 Å². The number of hydrogen-bond donors (Lipinski definition) is 1. The van der Waals surface area contributed by atoms with Crippen molar-refractivity contribution < 1.29 is 4.39 Å². The van der Waals surface area contributed by atoms with Gasteiger partial charge in [0.1, 0.15) is 5.67 Å². The average Bonchev–Trinajstić information content (AvgIpc) is 2.58. The fraction of sp³-hybridized carbons (Fsp3) is 0.727. The molecule has 0 bridgehead atoms. The van der Waals surface area contributed by atoms with Crippen molar-refractivity contribution in [1.29, 1.82) is 0 Å². The molecule has 15 heavy (non-hydrogen) atoms. The number of thiazole rings is 1. The van der Waals surface area contributed by atoms with Crippen LogP contribution >= 0.6 is 11.3 Å². The molecule has 0 aromatic carbocycles. The highest BCUT2D eigenvalue weighted by Gasteiger charge is 2.38. The van der Waals surface area contributed by atoms with E-state index >= 15 is 0 Å². The van der Waals surface area contributed by atoms with Crippen LogP contribution in [0.5, 0.6) is 0 Å². The molecule has 2 unspecified atom stereocenters. The lowest BCUT2D eigenvalue weighted by atomic mass is 10.0. The molecule has 0 aliphatic heterocycles. The molecule has 1 aromatic rings. The molecule has 1 heterocycles. The van der Waals surface area contributed by atoms with E-state index in [2.05, 4.69) is 4.98 Å². The predicted molar refractivity (Wildman–Crippen MR) is 61.0 cm³/mol. The zero-order valence-electron chi connectivity index (χ0n) is 9.22. The minimum absolute atomic E-state index is 0.0390. The first-order valence-electron chi connectivity index (χ1n) is 5.36. The molecule has 1 aromatic heterocycles. The van der Waals surface area contributed by atoms with E-state index in [4.69, 9.17) is 5.73 Å². The SMILES string of the molecule is Cc1nc(CC2(F)CCC(N)C2)sc1C. The molecular weight excluding hydrogens is 211 g/mol. The molecule has 0 saturated heterocycles. The summed E-state index contributed by atoms with van der Waals surface area (Å²) in [5.41, 5.74) is 5.67. The number of hydrogen-bond acceptors (Lipinski definition) is 3. The molecule has 1 aliphatic carbocycles. The van der Waals surface area contributed by atoms with E-state index in [1.165, 1.54) is 4.88 Å². The van der Waals surface area contributed by atoms with Gasteiger partial charge in [-0.3, -0.25) is 0 Å². The second kappa shape index (κ2) is 3.83. The van der Waals surface area contributed by atoms with Crippen LogP contribution in [0.2, 0.25) is 0 Å². The van der Waals surface area contributed by atoms with Crippen LogP contribution in [0, 0.1) is 13.8 Å². The van der Waals surface area contributed by atoms with E-state index in [0.29, 0.717) is 19.3 Å². The molecule has 1 aliphatic rings. The van der Waals surface area contributed by atoms with E-state index in [0.717, 1.165) is 17.1 Å². The van der Waals surface area contributed by atoms with Gasteiger partial charge in [-0.2, -0.15) is 0 Å². The van der Waals surface area contributed by atoms with Gasteiger partial charge in [0, 0.05) is 17.3 Å². The summed E-state index contributed by atoms with van der Waals surface area (Å²) in [7, 11) is 0. The number of aromatic nitrogens is 1. The summed E-state index contributed by atoms with van der Waals surface area (Å²) in [6.07, 6.45) is 2.33. The smallest absolute Gasteiger partial charge is 0.119 e. The molecule has 1 fully saturated rings. The van der Waals surface area contributed by atoms with Crippen LogP contribution in [0.4, 0.5) is 4.39 Å². The van der Waals surface area contributed by atoms with Crippen LogP contribution in [-0.2, 0) is 6.42 Å². The van der Waals surface area contributed by atoms with Gasteiger partial charge in [0.05, 0.1) is 10.7 Å². The van der Waals surface area contributed by atoms with E-state index < -0.39 is 5.67 Å². The molecule has 0 radical (unpaired) electrons. The number of alkyl halides is 1. The lowest BCUT2D eigenvalue weighted by Gasteiger charge is -2.17. The monoisotopic (exact) mass is 228 g/mol. The summed E-state index contributed by atoms with van der Waals surface area (Å²) in [4.78, 5) is 5.57. The van der Waals surface area contributed by atoms with E-state index in [1.807, 2.05) is 13.8 Å². The Bertz CT molecular complexity index is 344. The molecule has 2 nitrogen and oxygen atoms in total. The summed E-state index contributed by atoms with van der Waals surface area (Å²) in [5.74, 6) is 0. The largest absolute Gasteiger partial charge is 0.328 e. The summed E-state index contributed by atoms with van der Waals surface area (Å²) in [6.45, 7) is 4.00. The fourth-order valence-electron chi connectivity index (χ4n) is 2.16. The maximum Gasteiger partial charge on any atom is 0.119 e. The standard InChI is InChI=1S/C11H17FN2S/c1-7-8(2)15-10(14-7)6-11(12)4-3-9(13)5-11/h9H,3-6,13H2,1-2H3. The van der Waals surface area contributed by atoms with Gasteiger partial charge in [-0.1, -0.05) is 0 Å². The van der Waals surface area contributed by atoms with E-state index in [1.54, 1.807) is 11.3 Å². The minimum atomic E-state index is -1.10. The van der Waals surface area contributed by atoms with Gasteiger partial charge < -0.3 is 5.73 Å². The van der Waals surface area contributed by atoms with Gasteiger partial charge in [-0.05, 0) is 33.1 Å². The quantitative estimate of drug-likeness (QED) is 0.844. The number of aryl methyl sites for hydroxylation is 2. The first-order valence-corrected chi connectivity index (χ1v) is 6.17. The van der Waals surface area contributed by atoms with E-state index in [9.17, 15) is 4.39 Å². The maximum absolute atomic E-state index is 14.3. The third-order valence-corrected chi connectivity index (χ3v) is 4.20. The summed E-state index contributed by atoms with van der Waals surface area (Å²) in [5, 5.41) is 0.918. The first-order chi connectivity index (χ1) is 6.98. The highest BCUT2D eigenvalue weighted by Crippen LogP contribution is 2.36. The Labute approximate surface area is 93.7 Å². The maximum atomic E-state index is 14.3. The zero-order valence-corrected chi connectivity index (χ0v) is 10.0. The van der Waals surface area contributed by atoms with Crippen LogP contribution < -0.4 is 5.73 Å². The topological polar surface area (TPSA) is 38.9 Å². The van der Waals surface area contributed by atoms with Crippen LogP contribution in [0.1, 0.15) is 34.8 Å². The third-order valence-electron chi connectivity index (χ3n) is 3.13. The van der Waals surface area contributed by atoms with Gasteiger partial charge in [0.15, 0.2) is 0 Å². The van der Waals surface area contributed by atoms with E-state index in [-0.39, 0.29) is 6.04 Å². The number of rotatable bonds is 2. The van der Waals surface area contributed by atoms with Gasteiger partial charge in [-0.25, -0.2) is 9.37 Å². The number of halogens is 1. The first kappa shape index (κ1) is 11.0. The fourth-order valence-corrected chi connectivity index (χ4v) is 3.22. The molecular formula is C11H17FN2S. The Morgan fingerprint density at radius 2 is 2.33 bits per heavy atom. The van der Waals surface area contributed by atoms with Crippen molar-refractivity contribution in [3.8, 4) is 0 Å². The number of nitrogens with zero attached hydrogens (tertiary/aromatic N) is 1. The van der Waals surface area contributed by atoms with Gasteiger partial charge in [0.2, 0.25) is 0 Å². The minimum Gasteiger partial charge on any atom is -0.328 e. The summed E-state index contributed by atoms with van der Waals surface area (Å²) >= 11 is 1.61. The Balaban J connectivity index is 2.08.